The molecule has 6 nitrogen and oxygen atoms in total. The lowest BCUT2D eigenvalue weighted by molar-refractivity contribution is -0.167. The summed E-state index contributed by atoms with van der Waals surface area (Å²) in [7, 11) is 0. The SMILES string of the molecule is CCC(C)CCCCCCCCCCCCC(=O)OC[C@H](COC(=O)CCCCCCCCCCCCCCCCCCC(C)C)OC(=O)CCCCCCCCCCCCCCCCC(C)C. The highest BCUT2D eigenvalue weighted by Gasteiger charge is 2.19. The minimum Gasteiger partial charge on any atom is -0.462 e. The molecule has 0 amide bonds. The van der Waals surface area contributed by atoms with Crippen LogP contribution in [0.25, 0.3) is 0 Å². The van der Waals surface area contributed by atoms with Crippen LogP contribution in [0, 0.1) is 17.8 Å². The highest BCUT2D eigenvalue weighted by Crippen LogP contribution is 2.19. The van der Waals surface area contributed by atoms with Crippen LogP contribution in [0.1, 0.15) is 343 Å². The molecule has 0 radical (unpaired) electrons. The third-order valence-electron chi connectivity index (χ3n) is 14.5. The second-order valence-corrected chi connectivity index (χ2v) is 22.5. The normalized spacial score (nSPS) is 12.5. The molecule has 0 aromatic rings. The van der Waals surface area contributed by atoms with Gasteiger partial charge in [0.2, 0.25) is 0 Å². The van der Waals surface area contributed by atoms with Gasteiger partial charge in [0.1, 0.15) is 13.2 Å². The van der Waals surface area contributed by atoms with Crippen molar-refractivity contribution in [3.63, 3.8) is 0 Å². The predicted octanol–water partition coefficient (Wildman–Crippen LogP) is 20.3. The van der Waals surface area contributed by atoms with Gasteiger partial charge in [0.25, 0.3) is 0 Å². The first-order valence-corrected chi connectivity index (χ1v) is 30.6. The average molecular weight is 962 g/mol. The quantitative estimate of drug-likeness (QED) is 0.0343. The Morgan fingerprint density at radius 1 is 0.294 bits per heavy atom. The maximum Gasteiger partial charge on any atom is 0.306 e. The Bertz CT molecular complexity index is 1060. The molecule has 0 heterocycles. The van der Waals surface area contributed by atoms with Crippen molar-refractivity contribution in [2.45, 2.75) is 349 Å². The van der Waals surface area contributed by atoms with Crippen LogP contribution in [0.15, 0.2) is 0 Å². The minimum absolute atomic E-state index is 0.0630. The van der Waals surface area contributed by atoms with Crippen molar-refractivity contribution in [1.82, 2.24) is 0 Å². The van der Waals surface area contributed by atoms with E-state index in [2.05, 4.69) is 41.5 Å². The molecule has 0 N–H and O–H groups in total. The van der Waals surface area contributed by atoms with E-state index in [0.717, 1.165) is 75.5 Å². The third-order valence-corrected chi connectivity index (χ3v) is 14.5. The van der Waals surface area contributed by atoms with Gasteiger partial charge in [-0.3, -0.25) is 14.4 Å². The van der Waals surface area contributed by atoms with Gasteiger partial charge in [-0.25, -0.2) is 0 Å². The van der Waals surface area contributed by atoms with Crippen LogP contribution in [-0.4, -0.2) is 37.2 Å². The van der Waals surface area contributed by atoms with Crippen LogP contribution in [0.4, 0.5) is 0 Å². The summed E-state index contributed by atoms with van der Waals surface area (Å²) in [5, 5.41) is 0. The molecule has 0 bridgehead atoms. The van der Waals surface area contributed by atoms with Crippen molar-refractivity contribution >= 4 is 17.9 Å². The Hall–Kier alpha value is -1.59. The Morgan fingerprint density at radius 2 is 0.515 bits per heavy atom. The monoisotopic (exact) mass is 961 g/mol. The predicted molar refractivity (Wildman–Crippen MR) is 293 cm³/mol. The lowest BCUT2D eigenvalue weighted by atomic mass is 9.99. The zero-order chi connectivity index (χ0) is 49.8. The Labute approximate surface area is 425 Å². The smallest absolute Gasteiger partial charge is 0.306 e. The molecule has 0 spiro atoms. The molecular formula is C62H120O6. The first-order valence-electron chi connectivity index (χ1n) is 30.6. The summed E-state index contributed by atoms with van der Waals surface area (Å²) < 4.78 is 16.9. The van der Waals surface area contributed by atoms with E-state index in [1.807, 2.05) is 0 Å². The second-order valence-electron chi connectivity index (χ2n) is 22.5. The summed E-state index contributed by atoms with van der Waals surface area (Å²) in [5.41, 5.74) is 0. The fourth-order valence-electron chi connectivity index (χ4n) is 9.50. The van der Waals surface area contributed by atoms with Gasteiger partial charge in [-0.15, -0.1) is 0 Å². The van der Waals surface area contributed by atoms with Crippen molar-refractivity contribution in [2.24, 2.45) is 17.8 Å². The molecule has 0 aliphatic carbocycles. The van der Waals surface area contributed by atoms with Crippen LogP contribution < -0.4 is 0 Å². The number of hydrogen-bond acceptors (Lipinski definition) is 6. The largest absolute Gasteiger partial charge is 0.462 e. The molecule has 2 atom stereocenters. The Morgan fingerprint density at radius 3 is 0.765 bits per heavy atom. The van der Waals surface area contributed by atoms with Crippen LogP contribution in [-0.2, 0) is 28.6 Å². The fourth-order valence-corrected chi connectivity index (χ4v) is 9.50. The van der Waals surface area contributed by atoms with Gasteiger partial charge in [-0.1, -0.05) is 305 Å². The molecular weight excluding hydrogens is 841 g/mol. The van der Waals surface area contributed by atoms with E-state index >= 15 is 0 Å². The van der Waals surface area contributed by atoms with E-state index in [9.17, 15) is 14.4 Å². The highest BCUT2D eigenvalue weighted by molar-refractivity contribution is 5.71. The summed E-state index contributed by atoms with van der Waals surface area (Å²) in [6.07, 6.45) is 56.6. The Kier molecular flexibility index (Phi) is 52.0. The molecule has 0 aromatic carbocycles. The van der Waals surface area contributed by atoms with Crippen LogP contribution in [0.2, 0.25) is 0 Å². The van der Waals surface area contributed by atoms with E-state index in [1.54, 1.807) is 0 Å². The third kappa shape index (κ3) is 53.8. The number of rotatable bonds is 55. The van der Waals surface area contributed by atoms with Crippen molar-refractivity contribution < 1.29 is 28.6 Å². The summed E-state index contributed by atoms with van der Waals surface area (Å²) in [5.74, 6) is 1.73. The summed E-state index contributed by atoms with van der Waals surface area (Å²) in [4.78, 5) is 38.2. The summed E-state index contributed by atoms with van der Waals surface area (Å²) in [6, 6.07) is 0. The van der Waals surface area contributed by atoms with Gasteiger partial charge in [-0.05, 0) is 37.0 Å². The fraction of sp³-hybridized carbons (Fsp3) is 0.952. The maximum absolute atomic E-state index is 12.9. The van der Waals surface area contributed by atoms with E-state index in [4.69, 9.17) is 14.2 Å². The molecule has 0 aromatic heterocycles. The van der Waals surface area contributed by atoms with Gasteiger partial charge in [0.15, 0.2) is 6.10 Å². The summed E-state index contributed by atoms with van der Waals surface area (Å²) >= 11 is 0. The second kappa shape index (κ2) is 53.2. The number of carbonyl (C=O) groups excluding carboxylic acids is 3. The van der Waals surface area contributed by atoms with Crippen molar-refractivity contribution in [3.05, 3.63) is 0 Å². The zero-order valence-electron chi connectivity index (χ0n) is 46.9. The standard InChI is InChI=1S/C62H120O6/c1-7-58(6)50-44-38-32-26-22-23-28-34-40-46-52-61(64)67-55-59(68-62(65)53-47-41-35-29-21-17-13-12-15-19-25-31-37-43-49-57(4)5)54-66-60(63)51-45-39-33-27-20-16-11-9-8-10-14-18-24-30-36-42-48-56(2)3/h56-59H,7-55H2,1-6H3/t58?,59-/m0/s1. The molecule has 0 aliphatic rings. The number of carbonyl (C=O) groups is 3. The molecule has 0 rings (SSSR count). The number of unbranched alkanes of at least 4 members (excludes halogenated alkanes) is 37. The zero-order valence-corrected chi connectivity index (χ0v) is 46.9. The molecule has 68 heavy (non-hydrogen) atoms. The van der Waals surface area contributed by atoms with Gasteiger partial charge < -0.3 is 14.2 Å². The van der Waals surface area contributed by atoms with Crippen LogP contribution in [0.5, 0.6) is 0 Å². The van der Waals surface area contributed by atoms with Gasteiger partial charge in [-0.2, -0.15) is 0 Å². The van der Waals surface area contributed by atoms with Crippen LogP contribution >= 0.6 is 0 Å². The number of hydrogen-bond donors (Lipinski definition) is 0. The van der Waals surface area contributed by atoms with E-state index in [-0.39, 0.29) is 31.1 Å². The Balaban J connectivity index is 4.29. The van der Waals surface area contributed by atoms with Gasteiger partial charge >= 0.3 is 17.9 Å². The van der Waals surface area contributed by atoms with Gasteiger partial charge in [0, 0.05) is 19.3 Å². The summed E-state index contributed by atoms with van der Waals surface area (Å²) in [6.45, 7) is 13.8. The van der Waals surface area contributed by atoms with Crippen molar-refractivity contribution in [3.8, 4) is 0 Å². The lowest BCUT2D eigenvalue weighted by Gasteiger charge is -2.18. The van der Waals surface area contributed by atoms with Gasteiger partial charge in [0.05, 0.1) is 0 Å². The van der Waals surface area contributed by atoms with Crippen molar-refractivity contribution in [1.29, 1.82) is 0 Å². The lowest BCUT2D eigenvalue weighted by Crippen LogP contribution is -2.30. The number of ether oxygens (including phenoxy) is 3. The van der Waals surface area contributed by atoms with E-state index < -0.39 is 6.10 Å². The molecule has 0 aliphatic heterocycles. The number of esters is 3. The maximum atomic E-state index is 12.9. The minimum atomic E-state index is -0.764. The first-order chi connectivity index (χ1) is 33.1. The molecule has 404 valence electrons. The van der Waals surface area contributed by atoms with Crippen LogP contribution in [0.3, 0.4) is 0 Å². The average Bonchev–Trinajstić information content (AvgIpc) is 3.31. The topological polar surface area (TPSA) is 78.9 Å². The molecule has 6 heteroatoms. The molecule has 0 saturated carbocycles. The molecule has 0 fully saturated rings. The van der Waals surface area contributed by atoms with E-state index in [1.165, 1.54) is 225 Å². The molecule has 1 unspecified atom stereocenters. The van der Waals surface area contributed by atoms with E-state index in [0.29, 0.717) is 19.3 Å². The molecule has 0 saturated heterocycles. The van der Waals surface area contributed by atoms with Crippen molar-refractivity contribution in [2.75, 3.05) is 13.2 Å². The highest BCUT2D eigenvalue weighted by atomic mass is 16.6. The first kappa shape index (κ1) is 66.4.